The van der Waals surface area contributed by atoms with Crippen molar-refractivity contribution in [2.24, 2.45) is 0 Å². The van der Waals surface area contributed by atoms with Gasteiger partial charge in [0.05, 0.1) is 0 Å². The highest BCUT2D eigenvalue weighted by Gasteiger charge is 2.22. The Hall–Kier alpha value is -0.960. The quantitative estimate of drug-likeness (QED) is 0.767. The summed E-state index contributed by atoms with van der Waals surface area (Å²) in [4.78, 5) is -0.444. The van der Waals surface area contributed by atoms with Crippen molar-refractivity contribution in [2.75, 3.05) is 5.73 Å². The Morgan fingerprint density at radius 3 is 2.81 bits per heavy atom. The van der Waals surface area contributed by atoms with Gasteiger partial charge in [0.1, 0.15) is 10.7 Å². The summed E-state index contributed by atoms with van der Waals surface area (Å²) in [5, 5.41) is 3.87. The van der Waals surface area contributed by atoms with Crippen LogP contribution in [0, 0.1) is 5.82 Å². The fourth-order valence-electron chi connectivity index (χ4n) is 1.88. The zero-order valence-electron chi connectivity index (χ0n) is 11.1. The fourth-order valence-corrected chi connectivity index (χ4v) is 4.22. The van der Waals surface area contributed by atoms with Gasteiger partial charge in [0.25, 0.3) is 0 Å². The summed E-state index contributed by atoms with van der Waals surface area (Å²) in [5.41, 5.74) is 6.82. The number of anilines is 1. The third-order valence-electron chi connectivity index (χ3n) is 2.82. The molecule has 1 aromatic carbocycles. The van der Waals surface area contributed by atoms with E-state index in [9.17, 15) is 12.8 Å². The lowest BCUT2D eigenvalue weighted by Gasteiger charge is -2.14. The third-order valence-corrected chi connectivity index (χ3v) is 5.84. The molecule has 1 heterocycles. The topological polar surface area (TPSA) is 72.2 Å². The molecule has 0 bridgehead atoms. The minimum absolute atomic E-state index is 0.169. The van der Waals surface area contributed by atoms with Crippen LogP contribution < -0.4 is 10.5 Å². The molecular weight excluding hydrogens is 379 g/mol. The predicted octanol–water partition coefficient (Wildman–Crippen LogP) is 3.14. The number of halogens is 2. The Kier molecular flexibility index (Phi) is 5.03. The number of nitrogens with one attached hydrogen (secondary N) is 1. The molecule has 0 aliphatic heterocycles. The van der Waals surface area contributed by atoms with Crippen molar-refractivity contribution in [1.82, 2.24) is 4.72 Å². The molecule has 0 spiro atoms. The van der Waals surface area contributed by atoms with Crippen LogP contribution in [0.4, 0.5) is 10.1 Å². The van der Waals surface area contributed by atoms with E-state index in [1.165, 1.54) is 0 Å². The molecular formula is C13H14BrFN2O2S2. The van der Waals surface area contributed by atoms with E-state index >= 15 is 0 Å². The highest BCUT2D eigenvalue weighted by Crippen LogP contribution is 2.26. The molecule has 2 aromatic rings. The van der Waals surface area contributed by atoms with E-state index in [-0.39, 0.29) is 11.7 Å². The molecule has 8 heteroatoms. The highest BCUT2D eigenvalue weighted by atomic mass is 79.9. The van der Waals surface area contributed by atoms with Gasteiger partial charge in [0.15, 0.2) is 0 Å². The van der Waals surface area contributed by atoms with Crippen molar-refractivity contribution >= 4 is 43.0 Å². The predicted molar refractivity (Wildman–Crippen MR) is 86.3 cm³/mol. The lowest BCUT2D eigenvalue weighted by atomic mass is 10.1. The first-order chi connectivity index (χ1) is 9.79. The second kappa shape index (κ2) is 6.43. The molecule has 4 nitrogen and oxygen atoms in total. The molecule has 114 valence electrons. The largest absolute Gasteiger partial charge is 0.398 e. The van der Waals surface area contributed by atoms with E-state index in [1.54, 1.807) is 18.3 Å². The molecule has 0 amide bonds. The number of sulfonamides is 1. The van der Waals surface area contributed by atoms with Crippen LogP contribution in [0.25, 0.3) is 0 Å². The Morgan fingerprint density at radius 2 is 2.19 bits per heavy atom. The van der Waals surface area contributed by atoms with Gasteiger partial charge in [0.2, 0.25) is 10.0 Å². The highest BCUT2D eigenvalue weighted by molar-refractivity contribution is 9.10. The minimum atomic E-state index is -3.96. The Balaban J connectivity index is 2.20. The molecule has 1 unspecified atom stereocenters. The number of benzene rings is 1. The van der Waals surface area contributed by atoms with Crippen LogP contribution in [0.2, 0.25) is 0 Å². The van der Waals surface area contributed by atoms with Gasteiger partial charge in [-0.25, -0.2) is 17.5 Å². The first-order valence-electron chi connectivity index (χ1n) is 6.07. The minimum Gasteiger partial charge on any atom is -0.398 e. The van der Waals surface area contributed by atoms with E-state index in [4.69, 9.17) is 5.73 Å². The van der Waals surface area contributed by atoms with E-state index < -0.39 is 20.7 Å². The molecule has 21 heavy (non-hydrogen) atoms. The van der Waals surface area contributed by atoms with Crippen molar-refractivity contribution in [3.8, 4) is 0 Å². The second-order valence-corrected chi connectivity index (χ2v) is 7.98. The van der Waals surface area contributed by atoms with Gasteiger partial charge in [-0.1, -0.05) is 0 Å². The lowest BCUT2D eigenvalue weighted by Crippen LogP contribution is -2.34. The molecule has 2 rings (SSSR count). The third kappa shape index (κ3) is 4.03. The van der Waals surface area contributed by atoms with E-state index in [0.717, 1.165) is 17.7 Å². The van der Waals surface area contributed by atoms with Crippen molar-refractivity contribution < 1.29 is 12.8 Å². The van der Waals surface area contributed by atoms with Crippen molar-refractivity contribution in [3.05, 3.63) is 44.8 Å². The van der Waals surface area contributed by atoms with Gasteiger partial charge in [-0.15, -0.1) is 0 Å². The molecule has 1 aromatic heterocycles. The maximum atomic E-state index is 13.9. The zero-order chi connectivity index (χ0) is 15.6. The second-order valence-electron chi connectivity index (χ2n) is 4.66. The average molecular weight is 393 g/mol. The Bertz CT molecular complexity index is 733. The Morgan fingerprint density at radius 1 is 1.48 bits per heavy atom. The monoisotopic (exact) mass is 392 g/mol. The number of hydrogen-bond acceptors (Lipinski definition) is 4. The van der Waals surface area contributed by atoms with Crippen LogP contribution in [0.1, 0.15) is 12.5 Å². The molecule has 1 atom stereocenters. The fraction of sp³-hybridized carbons (Fsp3) is 0.231. The maximum Gasteiger partial charge on any atom is 0.243 e. The average Bonchev–Trinajstić information content (AvgIpc) is 2.85. The molecule has 0 saturated carbocycles. The molecule has 3 N–H and O–H groups in total. The maximum absolute atomic E-state index is 13.9. The molecule has 0 fully saturated rings. The molecule has 0 aliphatic rings. The summed E-state index contributed by atoms with van der Waals surface area (Å²) >= 11 is 4.60. The standard InChI is InChI=1S/C13H14BrFN2O2S2/c1-8(4-9-2-3-20-7-9)17-21(18,19)13-6-12(16)10(14)5-11(13)15/h2-3,5-8,17H,4,16H2,1H3. The van der Waals surface area contributed by atoms with Gasteiger partial charge >= 0.3 is 0 Å². The van der Waals surface area contributed by atoms with Gasteiger partial charge in [-0.05, 0) is 63.8 Å². The summed E-state index contributed by atoms with van der Waals surface area (Å²) in [6.45, 7) is 1.73. The van der Waals surface area contributed by atoms with E-state index in [1.807, 2.05) is 16.8 Å². The van der Waals surface area contributed by atoms with Gasteiger partial charge in [-0.3, -0.25) is 0 Å². The van der Waals surface area contributed by atoms with Crippen LogP contribution in [0.15, 0.2) is 38.3 Å². The van der Waals surface area contributed by atoms with Crippen molar-refractivity contribution in [1.29, 1.82) is 0 Å². The zero-order valence-corrected chi connectivity index (χ0v) is 14.4. The van der Waals surface area contributed by atoms with Gasteiger partial charge in [-0.2, -0.15) is 11.3 Å². The summed E-state index contributed by atoms with van der Waals surface area (Å²) in [7, 11) is -3.96. The van der Waals surface area contributed by atoms with Crippen molar-refractivity contribution in [3.63, 3.8) is 0 Å². The summed E-state index contributed by atoms with van der Waals surface area (Å²) in [6, 6.07) is 3.73. The number of nitrogen functional groups attached to an aromatic ring is 1. The normalized spacial score (nSPS) is 13.3. The number of rotatable bonds is 5. The van der Waals surface area contributed by atoms with Crippen LogP contribution >= 0.6 is 27.3 Å². The lowest BCUT2D eigenvalue weighted by molar-refractivity contribution is 0.542. The smallest absolute Gasteiger partial charge is 0.243 e. The SMILES string of the molecule is CC(Cc1ccsc1)NS(=O)(=O)c1cc(N)c(Br)cc1F. The van der Waals surface area contributed by atoms with E-state index in [2.05, 4.69) is 20.7 Å². The van der Waals surface area contributed by atoms with Crippen LogP contribution in [0.5, 0.6) is 0 Å². The van der Waals surface area contributed by atoms with Crippen molar-refractivity contribution in [2.45, 2.75) is 24.3 Å². The van der Waals surface area contributed by atoms with Crippen LogP contribution in [-0.4, -0.2) is 14.5 Å². The first kappa shape index (κ1) is 16.4. The van der Waals surface area contributed by atoms with E-state index in [0.29, 0.717) is 10.9 Å². The number of hydrogen-bond donors (Lipinski definition) is 2. The number of thiophene rings is 1. The number of nitrogens with two attached hydrogens (primary N) is 1. The molecule has 0 aliphatic carbocycles. The van der Waals surface area contributed by atoms with Crippen LogP contribution in [-0.2, 0) is 16.4 Å². The molecule has 0 saturated heterocycles. The Labute approximate surface area is 135 Å². The summed E-state index contributed by atoms with van der Waals surface area (Å²) in [5.74, 6) is -0.841. The van der Waals surface area contributed by atoms with Gasteiger partial charge in [0, 0.05) is 16.2 Å². The summed E-state index contributed by atoms with van der Waals surface area (Å²) < 4.78 is 41.1. The first-order valence-corrected chi connectivity index (χ1v) is 9.29. The summed E-state index contributed by atoms with van der Waals surface area (Å²) in [6.07, 6.45) is 0.538. The molecule has 0 radical (unpaired) electrons. The van der Waals surface area contributed by atoms with Crippen LogP contribution in [0.3, 0.4) is 0 Å². The van der Waals surface area contributed by atoms with Gasteiger partial charge < -0.3 is 5.73 Å².